The van der Waals surface area contributed by atoms with E-state index in [9.17, 15) is 0 Å². The summed E-state index contributed by atoms with van der Waals surface area (Å²) in [6.07, 6.45) is 0. The summed E-state index contributed by atoms with van der Waals surface area (Å²) in [7, 11) is 2.03. The van der Waals surface area contributed by atoms with Crippen molar-refractivity contribution in [2.45, 2.75) is 13.5 Å². The molecule has 0 amide bonds. The van der Waals surface area contributed by atoms with E-state index in [1.54, 1.807) is 0 Å². The number of nitriles is 1. The zero-order valence-electron chi connectivity index (χ0n) is 11.2. The molecule has 2 N–H and O–H groups in total. The van der Waals surface area contributed by atoms with Crippen molar-refractivity contribution >= 4 is 11.4 Å². The molecular weight excluding hydrogens is 234 g/mol. The predicted molar refractivity (Wildman–Crippen MR) is 78.9 cm³/mol. The molecule has 0 radical (unpaired) electrons. The molecule has 0 saturated heterocycles. The number of nitrogens with two attached hydrogens (primary N) is 1. The van der Waals surface area contributed by atoms with E-state index >= 15 is 0 Å². The molecular formula is C16H17N3. The number of hydrogen-bond acceptors (Lipinski definition) is 3. The molecule has 0 saturated carbocycles. The van der Waals surface area contributed by atoms with Gasteiger partial charge in [0.1, 0.15) is 0 Å². The molecule has 3 heteroatoms. The average Bonchev–Trinajstić information content (AvgIpc) is 2.41. The predicted octanol–water partition coefficient (Wildman–Crippen LogP) is 3.09. The molecule has 2 rings (SSSR count). The van der Waals surface area contributed by atoms with Crippen LogP contribution in [0.4, 0.5) is 11.4 Å². The van der Waals surface area contributed by atoms with Crippen molar-refractivity contribution in [3.05, 3.63) is 59.2 Å². The Bertz CT molecular complexity index is 626. The first-order valence-electron chi connectivity index (χ1n) is 6.16. The summed E-state index contributed by atoms with van der Waals surface area (Å²) in [5.74, 6) is 0. The van der Waals surface area contributed by atoms with Gasteiger partial charge in [-0.1, -0.05) is 12.1 Å². The zero-order valence-corrected chi connectivity index (χ0v) is 11.2. The fourth-order valence-corrected chi connectivity index (χ4v) is 2.05. The van der Waals surface area contributed by atoms with Crippen molar-refractivity contribution < 1.29 is 0 Å². The molecule has 0 aromatic heterocycles. The van der Waals surface area contributed by atoms with Crippen LogP contribution in [0.15, 0.2) is 42.5 Å². The zero-order chi connectivity index (χ0) is 13.8. The van der Waals surface area contributed by atoms with E-state index in [2.05, 4.69) is 11.0 Å². The van der Waals surface area contributed by atoms with Gasteiger partial charge in [-0.3, -0.25) is 0 Å². The molecule has 0 aliphatic carbocycles. The lowest BCUT2D eigenvalue weighted by atomic mass is 10.1. The summed E-state index contributed by atoms with van der Waals surface area (Å²) in [5.41, 5.74) is 10.7. The van der Waals surface area contributed by atoms with E-state index in [4.69, 9.17) is 11.0 Å². The molecule has 2 aromatic rings. The minimum Gasteiger partial charge on any atom is -0.399 e. The highest BCUT2D eigenvalue weighted by atomic mass is 15.1. The van der Waals surface area contributed by atoms with Crippen LogP contribution in [0.3, 0.4) is 0 Å². The quantitative estimate of drug-likeness (QED) is 0.853. The number of nitrogens with zero attached hydrogens (tertiary/aromatic N) is 2. The van der Waals surface area contributed by atoms with Gasteiger partial charge in [-0.25, -0.2) is 0 Å². The summed E-state index contributed by atoms with van der Waals surface area (Å²) < 4.78 is 0. The monoisotopic (exact) mass is 251 g/mol. The van der Waals surface area contributed by atoms with Gasteiger partial charge in [-0.15, -0.1) is 0 Å². The van der Waals surface area contributed by atoms with Gasteiger partial charge in [-0.2, -0.15) is 5.26 Å². The second kappa shape index (κ2) is 5.45. The van der Waals surface area contributed by atoms with Crippen LogP contribution in [0.5, 0.6) is 0 Å². The van der Waals surface area contributed by atoms with E-state index in [1.165, 1.54) is 5.56 Å². The van der Waals surface area contributed by atoms with Crippen LogP contribution in [0, 0.1) is 18.3 Å². The Labute approximate surface area is 113 Å². The maximum atomic E-state index is 8.87. The van der Waals surface area contributed by atoms with Gasteiger partial charge in [-0.05, 0) is 48.4 Å². The van der Waals surface area contributed by atoms with Crippen molar-refractivity contribution in [1.82, 2.24) is 0 Å². The van der Waals surface area contributed by atoms with Gasteiger partial charge in [0.15, 0.2) is 0 Å². The maximum Gasteiger partial charge on any atom is 0.0991 e. The Kier molecular flexibility index (Phi) is 3.72. The average molecular weight is 251 g/mol. The van der Waals surface area contributed by atoms with E-state index in [-0.39, 0.29) is 0 Å². The lowest BCUT2D eigenvalue weighted by molar-refractivity contribution is 0.914. The first-order valence-corrected chi connectivity index (χ1v) is 6.16. The first-order chi connectivity index (χ1) is 9.10. The molecule has 0 bridgehead atoms. The standard InChI is InChI=1S/C16H17N3/c1-12-8-13(10-17)6-7-14(12)11-19(2)16-5-3-4-15(18)9-16/h3-9H,11,18H2,1-2H3. The number of nitrogen functional groups attached to an aromatic ring is 1. The normalized spacial score (nSPS) is 9.95. The highest BCUT2D eigenvalue weighted by molar-refractivity contribution is 5.56. The van der Waals surface area contributed by atoms with E-state index in [1.807, 2.05) is 56.4 Å². The Morgan fingerprint density at radius 1 is 1.21 bits per heavy atom. The minimum absolute atomic E-state index is 0.702. The molecule has 3 nitrogen and oxygen atoms in total. The topological polar surface area (TPSA) is 53.0 Å². The summed E-state index contributed by atoms with van der Waals surface area (Å²) in [5, 5.41) is 8.87. The van der Waals surface area contributed by atoms with Crippen LogP contribution >= 0.6 is 0 Å². The highest BCUT2D eigenvalue weighted by Crippen LogP contribution is 2.20. The van der Waals surface area contributed by atoms with Crippen LogP contribution in [-0.2, 0) is 6.54 Å². The molecule has 0 aliphatic heterocycles. The van der Waals surface area contributed by atoms with Gasteiger partial charge < -0.3 is 10.6 Å². The third-order valence-electron chi connectivity index (χ3n) is 3.19. The van der Waals surface area contributed by atoms with Crippen LogP contribution in [-0.4, -0.2) is 7.05 Å². The van der Waals surface area contributed by atoms with Crippen molar-refractivity contribution in [3.8, 4) is 6.07 Å². The van der Waals surface area contributed by atoms with Crippen LogP contribution < -0.4 is 10.6 Å². The second-order valence-corrected chi connectivity index (χ2v) is 4.70. The second-order valence-electron chi connectivity index (χ2n) is 4.70. The molecule has 0 fully saturated rings. The Balaban J connectivity index is 2.20. The number of benzene rings is 2. The van der Waals surface area contributed by atoms with Gasteiger partial charge in [0.25, 0.3) is 0 Å². The largest absolute Gasteiger partial charge is 0.399 e. The molecule has 19 heavy (non-hydrogen) atoms. The molecule has 0 heterocycles. The Morgan fingerprint density at radius 3 is 2.63 bits per heavy atom. The molecule has 2 aromatic carbocycles. The molecule has 0 unspecified atom stereocenters. The molecule has 96 valence electrons. The summed E-state index contributed by atoms with van der Waals surface area (Å²) >= 11 is 0. The first kappa shape index (κ1) is 13.0. The smallest absolute Gasteiger partial charge is 0.0991 e. The van der Waals surface area contributed by atoms with Crippen molar-refractivity contribution in [2.24, 2.45) is 0 Å². The van der Waals surface area contributed by atoms with Crippen molar-refractivity contribution in [3.63, 3.8) is 0 Å². The number of hydrogen-bond donors (Lipinski definition) is 1. The third kappa shape index (κ3) is 3.05. The number of rotatable bonds is 3. The fourth-order valence-electron chi connectivity index (χ4n) is 2.05. The third-order valence-corrected chi connectivity index (χ3v) is 3.19. The van der Waals surface area contributed by atoms with Crippen molar-refractivity contribution in [1.29, 1.82) is 5.26 Å². The SMILES string of the molecule is Cc1cc(C#N)ccc1CN(C)c1cccc(N)c1. The van der Waals surface area contributed by atoms with Crippen LogP contribution in [0.25, 0.3) is 0 Å². The minimum atomic E-state index is 0.702. The Morgan fingerprint density at radius 2 is 2.00 bits per heavy atom. The van der Waals surface area contributed by atoms with Crippen LogP contribution in [0.1, 0.15) is 16.7 Å². The molecule has 0 atom stereocenters. The molecule has 0 spiro atoms. The lowest BCUT2D eigenvalue weighted by Gasteiger charge is -2.21. The summed E-state index contributed by atoms with van der Waals surface area (Å²) in [4.78, 5) is 2.14. The van der Waals surface area contributed by atoms with Gasteiger partial charge in [0, 0.05) is 25.0 Å². The van der Waals surface area contributed by atoms with Gasteiger partial charge in [0.2, 0.25) is 0 Å². The number of aryl methyl sites for hydroxylation is 1. The van der Waals surface area contributed by atoms with Gasteiger partial charge in [0.05, 0.1) is 11.6 Å². The molecule has 0 aliphatic rings. The Hall–Kier alpha value is -2.47. The maximum absolute atomic E-state index is 8.87. The highest BCUT2D eigenvalue weighted by Gasteiger charge is 2.05. The van der Waals surface area contributed by atoms with Gasteiger partial charge >= 0.3 is 0 Å². The lowest BCUT2D eigenvalue weighted by Crippen LogP contribution is -2.17. The summed E-state index contributed by atoms with van der Waals surface area (Å²) in [6, 6.07) is 15.8. The van der Waals surface area contributed by atoms with E-state index < -0.39 is 0 Å². The van der Waals surface area contributed by atoms with Crippen molar-refractivity contribution in [2.75, 3.05) is 17.7 Å². The van der Waals surface area contributed by atoms with E-state index in [0.29, 0.717) is 5.56 Å². The van der Waals surface area contributed by atoms with E-state index in [0.717, 1.165) is 23.5 Å². The number of anilines is 2. The fraction of sp³-hybridized carbons (Fsp3) is 0.188. The van der Waals surface area contributed by atoms with Crippen LogP contribution in [0.2, 0.25) is 0 Å². The summed E-state index contributed by atoms with van der Waals surface area (Å²) in [6.45, 7) is 2.82.